The molecule has 1 aromatic rings. The third kappa shape index (κ3) is 3.09. The quantitative estimate of drug-likeness (QED) is 0.903. The molecule has 1 fully saturated rings. The van der Waals surface area contributed by atoms with E-state index in [0.29, 0.717) is 25.2 Å². The molecule has 0 bridgehead atoms. The maximum Gasteiger partial charge on any atom is 0.308 e. The molecule has 2 rings (SSSR count). The Hall–Kier alpha value is -1.93. The van der Waals surface area contributed by atoms with Gasteiger partial charge in [-0.3, -0.25) is 9.69 Å². The Labute approximate surface area is 111 Å². The molecular formula is C14H15FN2O2. The van der Waals surface area contributed by atoms with Crippen LogP contribution in [0.4, 0.5) is 4.39 Å². The Balaban J connectivity index is 2.09. The van der Waals surface area contributed by atoms with Crippen molar-refractivity contribution in [3.8, 4) is 6.07 Å². The fourth-order valence-corrected chi connectivity index (χ4v) is 2.58. The molecule has 0 spiro atoms. The highest BCUT2D eigenvalue weighted by Crippen LogP contribution is 2.25. The predicted molar refractivity (Wildman–Crippen MR) is 66.7 cm³/mol. The number of halogens is 1. The number of benzene rings is 1. The molecule has 0 aromatic heterocycles. The highest BCUT2D eigenvalue weighted by atomic mass is 19.1. The van der Waals surface area contributed by atoms with Gasteiger partial charge in [0.1, 0.15) is 5.82 Å². The number of carboxylic acids is 1. The van der Waals surface area contributed by atoms with E-state index in [1.54, 1.807) is 6.07 Å². The van der Waals surface area contributed by atoms with Crippen molar-refractivity contribution < 1.29 is 14.3 Å². The van der Waals surface area contributed by atoms with Gasteiger partial charge in [0, 0.05) is 19.6 Å². The highest BCUT2D eigenvalue weighted by Gasteiger charge is 2.34. The molecule has 1 aliphatic rings. The van der Waals surface area contributed by atoms with Crippen LogP contribution in [0.2, 0.25) is 0 Å². The van der Waals surface area contributed by atoms with Crippen molar-refractivity contribution in [1.29, 1.82) is 5.26 Å². The van der Waals surface area contributed by atoms with Gasteiger partial charge in [0.25, 0.3) is 0 Å². The van der Waals surface area contributed by atoms with E-state index < -0.39 is 11.8 Å². The summed E-state index contributed by atoms with van der Waals surface area (Å²) in [5.41, 5.74) is 0.992. The zero-order chi connectivity index (χ0) is 14.0. The van der Waals surface area contributed by atoms with Crippen molar-refractivity contribution in [2.24, 2.45) is 11.8 Å². The van der Waals surface area contributed by atoms with E-state index in [9.17, 15) is 9.18 Å². The molecule has 1 saturated heterocycles. The Morgan fingerprint density at radius 1 is 1.53 bits per heavy atom. The van der Waals surface area contributed by atoms with Gasteiger partial charge < -0.3 is 5.11 Å². The van der Waals surface area contributed by atoms with Gasteiger partial charge >= 0.3 is 5.97 Å². The average Bonchev–Trinajstić information content (AvgIpc) is 2.69. The number of likely N-dealkylation sites (tertiary alicyclic amines) is 1. The summed E-state index contributed by atoms with van der Waals surface area (Å²) < 4.78 is 13.3. The van der Waals surface area contributed by atoms with E-state index in [1.807, 2.05) is 17.9 Å². The second-order valence-electron chi connectivity index (χ2n) is 5.08. The SMILES string of the molecule is CC1CN(Cc2cc(F)cc(C#N)c2)CC1C(=O)O. The summed E-state index contributed by atoms with van der Waals surface area (Å²) in [5, 5.41) is 17.9. The molecule has 1 aliphatic heterocycles. The summed E-state index contributed by atoms with van der Waals surface area (Å²) in [6.07, 6.45) is 0. The minimum absolute atomic E-state index is 0.0847. The largest absolute Gasteiger partial charge is 0.481 e. The van der Waals surface area contributed by atoms with Crippen molar-refractivity contribution in [2.45, 2.75) is 13.5 Å². The third-order valence-corrected chi connectivity index (χ3v) is 3.50. The van der Waals surface area contributed by atoms with Crippen molar-refractivity contribution >= 4 is 5.97 Å². The molecule has 0 aliphatic carbocycles. The number of aliphatic carboxylic acids is 1. The van der Waals surface area contributed by atoms with Gasteiger partial charge in [-0.2, -0.15) is 5.26 Å². The fraction of sp³-hybridized carbons (Fsp3) is 0.429. The van der Waals surface area contributed by atoms with Gasteiger partial charge in [0.2, 0.25) is 0 Å². The van der Waals surface area contributed by atoms with E-state index >= 15 is 0 Å². The van der Waals surface area contributed by atoms with Crippen LogP contribution in [-0.4, -0.2) is 29.1 Å². The van der Waals surface area contributed by atoms with Crippen LogP contribution in [0.25, 0.3) is 0 Å². The maximum absolute atomic E-state index is 13.3. The smallest absolute Gasteiger partial charge is 0.308 e. The zero-order valence-corrected chi connectivity index (χ0v) is 10.6. The molecule has 2 atom stereocenters. The first kappa shape index (κ1) is 13.5. The zero-order valence-electron chi connectivity index (χ0n) is 10.6. The molecule has 4 nitrogen and oxygen atoms in total. The summed E-state index contributed by atoms with van der Waals surface area (Å²) in [5.74, 6) is -1.51. The lowest BCUT2D eigenvalue weighted by atomic mass is 9.99. The molecule has 0 radical (unpaired) electrons. The fourth-order valence-electron chi connectivity index (χ4n) is 2.58. The summed E-state index contributed by atoms with van der Waals surface area (Å²) >= 11 is 0. The highest BCUT2D eigenvalue weighted by molar-refractivity contribution is 5.71. The summed E-state index contributed by atoms with van der Waals surface area (Å²) in [7, 11) is 0. The molecule has 5 heteroatoms. The molecule has 1 N–H and O–H groups in total. The van der Waals surface area contributed by atoms with E-state index in [0.717, 1.165) is 0 Å². The van der Waals surface area contributed by atoms with Crippen molar-refractivity contribution in [3.05, 3.63) is 35.1 Å². The Morgan fingerprint density at radius 2 is 2.26 bits per heavy atom. The van der Waals surface area contributed by atoms with Gasteiger partial charge in [-0.25, -0.2) is 4.39 Å². The first-order valence-corrected chi connectivity index (χ1v) is 6.14. The van der Waals surface area contributed by atoms with Crippen molar-refractivity contribution in [2.75, 3.05) is 13.1 Å². The normalized spacial score (nSPS) is 23.2. The third-order valence-electron chi connectivity index (χ3n) is 3.50. The van der Waals surface area contributed by atoms with Crippen LogP contribution >= 0.6 is 0 Å². The first-order chi connectivity index (χ1) is 8.99. The number of nitrogens with zero attached hydrogens (tertiary/aromatic N) is 2. The number of carbonyl (C=O) groups is 1. The molecule has 1 aromatic carbocycles. The van der Waals surface area contributed by atoms with Crippen LogP contribution < -0.4 is 0 Å². The average molecular weight is 262 g/mol. The van der Waals surface area contributed by atoms with Crippen LogP contribution in [0.15, 0.2) is 18.2 Å². The molecule has 19 heavy (non-hydrogen) atoms. The Morgan fingerprint density at radius 3 is 2.84 bits per heavy atom. The number of hydrogen-bond acceptors (Lipinski definition) is 3. The lowest BCUT2D eigenvalue weighted by Crippen LogP contribution is -2.23. The second-order valence-corrected chi connectivity index (χ2v) is 5.08. The standard InChI is InChI=1S/C14H15FN2O2/c1-9-6-17(8-13(9)14(18)19)7-11-2-10(5-16)3-12(15)4-11/h2-4,9,13H,6-8H2,1H3,(H,18,19). The molecule has 2 unspecified atom stereocenters. The summed E-state index contributed by atoms with van der Waals surface area (Å²) in [6.45, 7) is 3.52. The van der Waals surface area contributed by atoms with Crippen LogP contribution in [0.3, 0.4) is 0 Å². The van der Waals surface area contributed by atoms with Crippen molar-refractivity contribution in [1.82, 2.24) is 4.90 Å². The molecule has 1 heterocycles. The minimum atomic E-state index is -0.785. The van der Waals surface area contributed by atoms with Crippen molar-refractivity contribution in [3.63, 3.8) is 0 Å². The number of rotatable bonds is 3. The summed E-state index contributed by atoms with van der Waals surface area (Å²) in [6, 6.07) is 6.14. The lowest BCUT2D eigenvalue weighted by Gasteiger charge is -2.15. The lowest BCUT2D eigenvalue weighted by molar-refractivity contribution is -0.142. The molecule has 0 amide bonds. The monoisotopic (exact) mass is 262 g/mol. The van der Waals surface area contributed by atoms with Gasteiger partial charge in [0.05, 0.1) is 17.6 Å². The number of hydrogen-bond donors (Lipinski definition) is 1. The molecular weight excluding hydrogens is 247 g/mol. The van der Waals surface area contributed by atoms with Gasteiger partial charge in [0.15, 0.2) is 0 Å². The first-order valence-electron chi connectivity index (χ1n) is 6.14. The van der Waals surface area contributed by atoms with Crippen LogP contribution in [0.5, 0.6) is 0 Å². The number of carboxylic acid groups (broad SMARTS) is 1. The van der Waals surface area contributed by atoms with E-state index in [1.165, 1.54) is 12.1 Å². The predicted octanol–water partition coefficient (Wildman–Crippen LogP) is 1.85. The van der Waals surface area contributed by atoms with Crippen LogP contribution in [0.1, 0.15) is 18.1 Å². The second kappa shape index (κ2) is 5.37. The minimum Gasteiger partial charge on any atom is -0.481 e. The van der Waals surface area contributed by atoms with Gasteiger partial charge in [-0.05, 0) is 29.7 Å². The van der Waals surface area contributed by atoms with Gasteiger partial charge in [-0.1, -0.05) is 6.92 Å². The Bertz CT molecular complexity index is 539. The van der Waals surface area contributed by atoms with E-state index in [2.05, 4.69) is 0 Å². The number of nitriles is 1. The van der Waals surface area contributed by atoms with E-state index in [4.69, 9.17) is 10.4 Å². The van der Waals surface area contributed by atoms with Crippen LogP contribution in [0, 0.1) is 29.0 Å². The summed E-state index contributed by atoms with van der Waals surface area (Å²) in [4.78, 5) is 13.0. The molecule has 100 valence electrons. The molecule has 0 saturated carbocycles. The topological polar surface area (TPSA) is 64.3 Å². The Kier molecular flexibility index (Phi) is 3.82. The maximum atomic E-state index is 13.3. The van der Waals surface area contributed by atoms with Crippen LogP contribution in [-0.2, 0) is 11.3 Å². The van der Waals surface area contributed by atoms with Gasteiger partial charge in [-0.15, -0.1) is 0 Å². The van der Waals surface area contributed by atoms with E-state index in [-0.39, 0.29) is 17.4 Å².